The average Bonchev–Trinajstić information content (AvgIpc) is 3.16. The van der Waals surface area contributed by atoms with Crippen molar-refractivity contribution in [1.82, 2.24) is 15.0 Å². The van der Waals surface area contributed by atoms with Gasteiger partial charge in [-0.1, -0.05) is 140 Å². The summed E-state index contributed by atoms with van der Waals surface area (Å²) < 4.78 is 0. The van der Waals surface area contributed by atoms with Crippen LogP contribution in [-0.2, 0) is 0 Å². The van der Waals surface area contributed by atoms with E-state index >= 15 is 0 Å². The van der Waals surface area contributed by atoms with E-state index in [-0.39, 0.29) is 0 Å². The van der Waals surface area contributed by atoms with Gasteiger partial charge in [0.2, 0.25) is 0 Å². The van der Waals surface area contributed by atoms with Gasteiger partial charge in [-0.3, -0.25) is 0 Å². The third-order valence-electron chi connectivity index (χ3n) is 8.31. The quantitative estimate of drug-likeness (QED) is 0.162. The molecule has 0 saturated heterocycles. The lowest BCUT2D eigenvalue weighted by atomic mass is 10.1. The van der Waals surface area contributed by atoms with Crippen LogP contribution >= 0.6 is 0 Å². The molecule has 47 heavy (non-hydrogen) atoms. The summed E-state index contributed by atoms with van der Waals surface area (Å²) in [4.78, 5) is 14.8. The normalized spacial score (nSPS) is 10.9. The molecule has 0 spiro atoms. The molecule has 1 aromatic heterocycles. The first kappa shape index (κ1) is 29.2. The van der Waals surface area contributed by atoms with E-state index in [1.807, 2.05) is 30.3 Å². The summed E-state index contributed by atoms with van der Waals surface area (Å²) in [7, 11) is -2.79. The molecule has 0 atom stereocenters. The Labute approximate surface area is 274 Å². The summed E-state index contributed by atoms with van der Waals surface area (Å²) in [6.45, 7) is 0. The van der Waals surface area contributed by atoms with E-state index in [0.717, 1.165) is 5.56 Å². The van der Waals surface area contributed by atoms with Crippen molar-refractivity contribution < 1.29 is 0 Å². The predicted molar refractivity (Wildman–Crippen MR) is 189 cm³/mol. The zero-order valence-electron chi connectivity index (χ0n) is 25.3. The maximum absolute atomic E-state index is 9.59. The molecule has 0 aliphatic rings. The SMILES string of the molecule is N#Cc1cccc(-c2nc(-c3cccc(C#N)c3)nc(-c3cccc([Si](c4ccccc4)(c4ccccc4)c4ccccc4)c3)n2)c1. The average molecular weight is 618 g/mol. The molecular weight excluding hydrogens is 591 g/mol. The summed E-state index contributed by atoms with van der Waals surface area (Å²) >= 11 is 0. The first-order valence-electron chi connectivity index (χ1n) is 15.2. The highest BCUT2D eigenvalue weighted by Crippen LogP contribution is 2.26. The van der Waals surface area contributed by atoms with Crippen LogP contribution < -0.4 is 20.7 Å². The molecule has 0 saturated carbocycles. The van der Waals surface area contributed by atoms with E-state index in [4.69, 9.17) is 15.0 Å². The van der Waals surface area contributed by atoms with E-state index < -0.39 is 8.07 Å². The maximum Gasteiger partial charge on any atom is 0.179 e. The Hall–Kier alpha value is -6.47. The smallest absolute Gasteiger partial charge is 0.179 e. The molecule has 0 bridgehead atoms. The lowest BCUT2D eigenvalue weighted by Crippen LogP contribution is -2.74. The molecule has 6 aromatic carbocycles. The number of nitriles is 2. The highest BCUT2D eigenvalue weighted by molar-refractivity contribution is 7.19. The topological polar surface area (TPSA) is 86.2 Å². The molecule has 7 aromatic rings. The molecule has 0 N–H and O–H groups in total. The Morgan fingerprint density at radius 1 is 0.362 bits per heavy atom. The van der Waals surface area contributed by atoms with E-state index in [1.165, 1.54) is 20.7 Å². The van der Waals surface area contributed by atoms with Crippen molar-refractivity contribution in [1.29, 1.82) is 10.5 Å². The summed E-state index contributed by atoms with van der Waals surface area (Å²) in [6.07, 6.45) is 0. The van der Waals surface area contributed by atoms with Gasteiger partial charge in [-0.15, -0.1) is 0 Å². The third-order valence-corrected chi connectivity index (χ3v) is 13.1. The number of rotatable bonds is 7. The van der Waals surface area contributed by atoms with Gasteiger partial charge >= 0.3 is 0 Å². The second-order valence-electron chi connectivity index (χ2n) is 11.1. The van der Waals surface area contributed by atoms with Gasteiger partial charge in [-0.2, -0.15) is 10.5 Å². The van der Waals surface area contributed by atoms with Crippen LogP contribution in [0.1, 0.15) is 11.1 Å². The van der Waals surface area contributed by atoms with E-state index in [1.54, 1.807) is 24.3 Å². The van der Waals surface area contributed by atoms with Crippen LogP contribution in [-0.4, -0.2) is 23.0 Å². The number of hydrogen-bond donors (Lipinski definition) is 0. The number of nitrogens with zero attached hydrogens (tertiary/aromatic N) is 5. The zero-order valence-corrected chi connectivity index (χ0v) is 26.3. The van der Waals surface area contributed by atoms with Crippen molar-refractivity contribution in [3.05, 3.63) is 175 Å². The van der Waals surface area contributed by atoms with Gasteiger partial charge in [0.15, 0.2) is 25.5 Å². The second-order valence-corrected chi connectivity index (χ2v) is 14.9. The van der Waals surface area contributed by atoms with Crippen molar-refractivity contribution in [2.75, 3.05) is 0 Å². The Morgan fingerprint density at radius 3 is 1.09 bits per heavy atom. The minimum atomic E-state index is -2.79. The van der Waals surface area contributed by atoms with Crippen LogP contribution in [0.2, 0.25) is 0 Å². The fourth-order valence-electron chi connectivity index (χ4n) is 6.17. The highest BCUT2D eigenvalue weighted by Gasteiger charge is 2.41. The van der Waals surface area contributed by atoms with E-state index in [0.29, 0.717) is 39.7 Å². The molecular formula is C41H27N5Si. The lowest BCUT2D eigenvalue weighted by molar-refractivity contribution is 1.07. The van der Waals surface area contributed by atoms with Gasteiger partial charge in [-0.05, 0) is 45.0 Å². The fourth-order valence-corrected chi connectivity index (χ4v) is 11.0. The minimum Gasteiger partial charge on any atom is -0.208 e. The Bertz CT molecular complexity index is 2100. The molecule has 0 radical (unpaired) electrons. The first-order valence-corrected chi connectivity index (χ1v) is 17.2. The molecule has 7 rings (SSSR count). The van der Waals surface area contributed by atoms with Gasteiger partial charge in [0, 0.05) is 16.7 Å². The molecule has 6 heteroatoms. The molecule has 1 heterocycles. The van der Waals surface area contributed by atoms with Crippen LogP contribution in [0.15, 0.2) is 164 Å². The molecule has 0 unspecified atom stereocenters. The van der Waals surface area contributed by atoms with Crippen molar-refractivity contribution >= 4 is 28.8 Å². The lowest BCUT2D eigenvalue weighted by Gasteiger charge is -2.34. The van der Waals surface area contributed by atoms with Crippen molar-refractivity contribution in [2.24, 2.45) is 0 Å². The maximum atomic E-state index is 9.59. The van der Waals surface area contributed by atoms with Crippen molar-refractivity contribution in [2.45, 2.75) is 0 Å². The Balaban J connectivity index is 1.49. The largest absolute Gasteiger partial charge is 0.208 e. The van der Waals surface area contributed by atoms with Gasteiger partial charge in [0.05, 0.1) is 23.3 Å². The van der Waals surface area contributed by atoms with Crippen LogP contribution in [0.4, 0.5) is 0 Å². The van der Waals surface area contributed by atoms with Gasteiger partial charge in [0.1, 0.15) is 0 Å². The number of benzene rings is 6. The zero-order chi connectivity index (χ0) is 32.1. The third kappa shape index (κ3) is 5.62. The standard InChI is InChI=1S/C41H27N5Si/c42-28-30-13-10-15-32(25-30)39-44-40(33-16-11-14-31(26-33)29-43)46-41(45-39)34-17-12-24-38(27-34)47(35-18-4-1-5-19-35,36-20-6-2-7-21-36)37-22-8-3-9-23-37/h1-27H. The Morgan fingerprint density at radius 2 is 0.702 bits per heavy atom. The van der Waals surface area contributed by atoms with E-state index in [9.17, 15) is 10.5 Å². The molecule has 220 valence electrons. The van der Waals surface area contributed by atoms with Crippen LogP contribution in [0.5, 0.6) is 0 Å². The first-order chi connectivity index (χ1) is 23.2. The van der Waals surface area contributed by atoms with Crippen LogP contribution in [0.3, 0.4) is 0 Å². The van der Waals surface area contributed by atoms with Crippen molar-refractivity contribution in [3.63, 3.8) is 0 Å². The van der Waals surface area contributed by atoms with Gasteiger partial charge in [0.25, 0.3) is 0 Å². The minimum absolute atomic E-state index is 0.451. The fraction of sp³-hybridized carbons (Fsp3) is 0. The number of hydrogen-bond acceptors (Lipinski definition) is 5. The summed E-state index contributed by atoms with van der Waals surface area (Å²) in [5.74, 6) is 1.41. The molecule has 0 aliphatic heterocycles. The second kappa shape index (κ2) is 12.9. The molecule has 0 fully saturated rings. The summed E-state index contributed by atoms with van der Waals surface area (Å²) in [5, 5.41) is 24.2. The molecule has 0 aliphatic carbocycles. The van der Waals surface area contributed by atoms with E-state index in [2.05, 4.69) is 121 Å². The Kier molecular flexibility index (Phi) is 8.01. The van der Waals surface area contributed by atoms with Gasteiger partial charge < -0.3 is 0 Å². The number of aromatic nitrogens is 3. The summed E-state index contributed by atoms with van der Waals surface area (Å²) in [5.41, 5.74) is 3.30. The predicted octanol–water partition coefficient (Wildman–Crippen LogP) is 5.99. The molecule has 5 nitrogen and oxygen atoms in total. The molecule has 0 amide bonds. The van der Waals surface area contributed by atoms with Crippen LogP contribution in [0, 0.1) is 22.7 Å². The van der Waals surface area contributed by atoms with Gasteiger partial charge in [-0.25, -0.2) is 15.0 Å². The van der Waals surface area contributed by atoms with Crippen molar-refractivity contribution in [3.8, 4) is 46.3 Å². The van der Waals surface area contributed by atoms with Crippen LogP contribution in [0.25, 0.3) is 34.2 Å². The monoisotopic (exact) mass is 617 g/mol. The highest BCUT2D eigenvalue weighted by atomic mass is 28.3. The summed E-state index contributed by atoms with van der Waals surface area (Å²) in [6, 6.07) is 59.8.